The standard InChI is InChI=1S/C23H24ClN7/c1-16(2)21-20(15-31(26-21)19-6-4-3-5-7-19)22-23-25-27-28-30(23)13-12-29(22)14-17-8-10-18(24)11-9-17/h3-11,15-16,22H,12-14H2,1-2H3. The van der Waals surface area contributed by atoms with Gasteiger partial charge in [-0.05, 0) is 46.2 Å². The van der Waals surface area contributed by atoms with Crippen LogP contribution in [0.1, 0.15) is 48.5 Å². The van der Waals surface area contributed by atoms with E-state index in [1.54, 1.807) is 0 Å². The third-order valence-electron chi connectivity index (χ3n) is 5.70. The molecule has 31 heavy (non-hydrogen) atoms. The molecule has 0 saturated heterocycles. The van der Waals surface area contributed by atoms with Crippen molar-refractivity contribution in [3.8, 4) is 5.69 Å². The summed E-state index contributed by atoms with van der Waals surface area (Å²) in [6.45, 7) is 6.74. The Morgan fingerprint density at radius 1 is 1.03 bits per heavy atom. The van der Waals surface area contributed by atoms with Gasteiger partial charge in [0.15, 0.2) is 5.82 Å². The summed E-state index contributed by atoms with van der Waals surface area (Å²) in [5, 5.41) is 18.3. The van der Waals surface area contributed by atoms with Crippen LogP contribution in [0.25, 0.3) is 5.69 Å². The molecule has 0 bridgehead atoms. The maximum Gasteiger partial charge on any atom is 0.173 e. The zero-order chi connectivity index (χ0) is 21.4. The average Bonchev–Trinajstić information content (AvgIpc) is 3.43. The lowest BCUT2D eigenvalue weighted by atomic mass is 9.97. The molecule has 5 rings (SSSR count). The average molecular weight is 434 g/mol. The molecule has 4 aromatic rings. The van der Waals surface area contributed by atoms with Gasteiger partial charge in [-0.15, -0.1) is 5.10 Å². The minimum Gasteiger partial charge on any atom is -0.283 e. The van der Waals surface area contributed by atoms with Crippen molar-refractivity contribution in [1.29, 1.82) is 0 Å². The molecule has 0 fully saturated rings. The summed E-state index contributed by atoms with van der Waals surface area (Å²) in [5.41, 5.74) is 4.45. The predicted octanol–water partition coefficient (Wildman–Crippen LogP) is 4.24. The molecule has 1 aliphatic rings. The van der Waals surface area contributed by atoms with Crippen LogP contribution in [0.4, 0.5) is 0 Å². The Kier molecular flexibility index (Phi) is 5.29. The minimum absolute atomic E-state index is 0.0747. The number of fused-ring (bicyclic) bond motifs is 1. The number of para-hydroxylation sites is 1. The van der Waals surface area contributed by atoms with E-state index in [9.17, 15) is 0 Å². The summed E-state index contributed by atoms with van der Waals surface area (Å²) in [6.07, 6.45) is 2.13. The molecule has 0 saturated carbocycles. The van der Waals surface area contributed by atoms with Gasteiger partial charge in [-0.25, -0.2) is 9.36 Å². The van der Waals surface area contributed by atoms with Crippen LogP contribution < -0.4 is 0 Å². The molecule has 2 aromatic carbocycles. The fraction of sp³-hybridized carbons (Fsp3) is 0.304. The third-order valence-corrected chi connectivity index (χ3v) is 5.95. The number of nitrogens with zero attached hydrogens (tertiary/aromatic N) is 7. The van der Waals surface area contributed by atoms with Gasteiger partial charge in [0.1, 0.15) is 6.04 Å². The number of benzene rings is 2. The summed E-state index contributed by atoms with van der Waals surface area (Å²) in [5.74, 6) is 1.12. The van der Waals surface area contributed by atoms with Crippen LogP contribution in [0.3, 0.4) is 0 Å². The zero-order valence-corrected chi connectivity index (χ0v) is 18.3. The number of hydrogen-bond acceptors (Lipinski definition) is 5. The van der Waals surface area contributed by atoms with E-state index < -0.39 is 0 Å². The fourth-order valence-corrected chi connectivity index (χ4v) is 4.31. The molecule has 7 nitrogen and oxygen atoms in total. The van der Waals surface area contributed by atoms with Crippen LogP contribution in [0.2, 0.25) is 5.02 Å². The number of halogens is 1. The van der Waals surface area contributed by atoms with E-state index in [1.165, 1.54) is 5.56 Å². The van der Waals surface area contributed by atoms with E-state index in [1.807, 2.05) is 39.7 Å². The van der Waals surface area contributed by atoms with Gasteiger partial charge in [0.25, 0.3) is 0 Å². The molecule has 8 heteroatoms. The van der Waals surface area contributed by atoms with Crippen molar-refractivity contribution in [2.24, 2.45) is 0 Å². The van der Waals surface area contributed by atoms with Crippen LogP contribution in [0.5, 0.6) is 0 Å². The van der Waals surface area contributed by atoms with Gasteiger partial charge in [-0.3, -0.25) is 4.90 Å². The summed E-state index contributed by atoms with van der Waals surface area (Å²) in [6, 6.07) is 18.2. The minimum atomic E-state index is -0.0747. The first-order chi connectivity index (χ1) is 15.1. The van der Waals surface area contributed by atoms with Crippen molar-refractivity contribution in [2.45, 2.75) is 38.9 Å². The highest BCUT2D eigenvalue weighted by molar-refractivity contribution is 6.30. The second-order valence-electron chi connectivity index (χ2n) is 8.16. The van der Waals surface area contributed by atoms with Gasteiger partial charge in [0.2, 0.25) is 0 Å². The van der Waals surface area contributed by atoms with Gasteiger partial charge in [-0.1, -0.05) is 55.8 Å². The molecule has 1 unspecified atom stereocenters. The second kappa shape index (κ2) is 8.24. The van der Waals surface area contributed by atoms with E-state index in [2.05, 4.69) is 64.7 Å². The Labute approximate surface area is 186 Å². The molecule has 0 amide bonds. The third kappa shape index (κ3) is 3.86. The molecule has 2 aromatic heterocycles. The molecule has 0 radical (unpaired) electrons. The first kappa shape index (κ1) is 19.9. The highest BCUT2D eigenvalue weighted by Crippen LogP contribution is 2.36. The molecule has 0 spiro atoms. The van der Waals surface area contributed by atoms with E-state index in [0.29, 0.717) is 0 Å². The Morgan fingerprint density at radius 3 is 2.55 bits per heavy atom. The van der Waals surface area contributed by atoms with E-state index in [0.717, 1.165) is 47.4 Å². The molecular formula is C23H24ClN7. The summed E-state index contributed by atoms with van der Waals surface area (Å²) >= 11 is 6.09. The second-order valence-corrected chi connectivity index (χ2v) is 8.60. The maximum absolute atomic E-state index is 6.09. The summed E-state index contributed by atoms with van der Waals surface area (Å²) in [7, 11) is 0. The Balaban J connectivity index is 1.59. The Morgan fingerprint density at radius 2 is 1.81 bits per heavy atom. The van der Waals surface area contributed by atoms with Gasteiger partial charge < -0.3 is 0 Å². The molecule has 1 aliphatic heterocycles. The molecule has 158 valence electrons. The quantitative estimate of drug-likeness (QED) is 0.471. The van der Waals surface area contributed by atoms with Crippen LogP contribution in [-0.2, 0) is 13.1 Å². The first-order valence-corrected chi connectivity index (χ1v) is 10.9. The lowest BCUT2D eigenvalue weighted by Gasteiger charge is -2.34. The largest absolute Gasteiger partial charge is 0.283 e. The zero-order valence-electron chi connectivity index (χ0n) is 17.6. The molecule has 0 N–H and O–H groups in total. The van der Waals surface area contributed by atoms with Crippen LogP contribution in [-0.4, -0.2) is 41.4 Å². The topological polar surface area (TPSA) is 64.7 Å². The first-order valence-electron chi connectivity index (χ1n) is 10.5. The fourth-order valence-electron chi connectivity index (χ4n) is 4.19. The number of tetrazole rings is 1. The van der Waals surface area contributed by atoms with Crippen molar-refractivity contribution >= 4 is 11.6 Å². The number of hydrogen-bond donors (Lipinski definition) is 0. The van der Waals surface area contributed by atoms with E-state index >= 15 is 0 Å². The molecule has 0 aliphatic carbocycles. The van der Waals surface area contributed by atoms with Gasteiger partial charge in [0, 0.05) is 29.9 Å². The smallest absolute Gasteiger partial charge is 0.173 e. The van der Waals surface area contributed by atoms with Crippen molar-refractivity contribution in [1.82, 2.24) is 34.9 Å². The van der Waals surface area contributed by atoms with Crippen molar-refractivity contribution in [2.75, 3.05) is 6.54 Å². The van der Waals surface area contributed by atoms with E-state index in [4.69, 9.17) is 16.7 Å². The molecule has 3 heterocycles. The predicted molar refractivity (Wildman–Crippen MR) is 119 cm³/mol. The van der Waals surface area contributed by atoms with Gasteiger partial charge in [0.05, 0.1) is 17.9 Å². The van der Waals surface area contributed by atoms with Crippen molar-refractivity contribution < 1.29 is 0 Å². The Hall–Kier alpha value is -3.03. The molecular weight excluding hydrogens is 410 g/mol. The van der Waals surface area contributed by atoms with Crippen LogP contribution >= 0.6 is 11.6 Å². The maximum atomic E-state index is 6.09. The highest BCUT2D eigenvalue weighted by Gasteiger charge is 2.35. The van der Waals surface area contributed by atoms with Crippen molar-refractivity contribution in [3.63, 3.8) is 0 Å². The molecule has 1 atom stereocenters. The SMILES string of the molecule is CC(C)c1nn(-c2ccccc2)cc1C1c2nnnn2CCN1Cc1ccc(Cl)cc1. The number of aromatic nitrogens is 6. The van der Waals surface area contributed by atoms with Crippen molar-refractivity contribution in [3.05, 3.63) is 88.5 Å². The number of rotatable bonds is 5. The summed E-state index contributed by atoms with van der Waals surface area (Å²) < 4.78 is 3.88. The lowest BCUT2D eigenvalue weighted by molar-refractivity contribution is 0.163. The van der Waals surface area contributed by atoms with E-state index in [-0.39, 0.29) is 12.0 Å². The normalized spacial score (nSPS) is 16.6. The van der Waals surface area contributed by atoms with Gasteiger partial charge >= 0.3 is 0 Å². The van der Waals surface area contributed by atoms with Crippen LogP contribution in [0.15, 0.2) is 60.8 Å². The summed E-state index contributed by atoms with van der Waals surface area (Å²) in [4.78, 5) is 2.42. The highest BCUT2D eigenvalue weighted by atomic mass is 35.5. The monoisotopic (exact) mass is 433 g/mol. The van der Waals surface area contributed by atoms with Gasteiger partial charge in [-0.2, -0.15) is 5.10 Å². The van der Waals surface area contributed by atoms with Crippen LogP contribution in [0, 0.1) is 0 Å². The Bertz CT molecular complexity index is 1160. The lowest BCUT2D eigenvalue weighted by Crippen LogP contribution is -2.39.